The summed E-state index contributed by atoms with van der Waals surface area (Å²) in [6, 6.07) is 11.8. The van der Waals surface area contributed by atoms with Crippen molar-refractivity contribution >= 4 is 46.3 Å². The van der Waals surface area contributed by atoms with Crippen LogP contribution >= 0.6 is 11.6 Å². The first kappa shape index (κ1) is 34.0. The molecule has 2 amide bonds. The van der Waals surface area contributed by atoms with Gasteiger partial charge in [-0.05, 0) is 73.0 Å². The summed E-state index contributed by atoms with van der Waals surface area (Å²) < 4.78 is 74.0. The minimum absolute atomic E-state index is 0.0272. The number of amides is 2. The van der Waals surface area contributed by atoms with Crippen LogP contribution in [0.4, 0.5) is 23.7 Å². The number of halogens is 4. The predicted molar refractivity (Wildman–Crippen MR) is 153 cm³/mol. The Morgan fingerprint density at radius 3 is 2.41 bits per heavy atom. The van der Waals surface area contributed by atoms with Crippen LogP contribution in [-0.4, -0.2) is 44.0 Å². The number of ketones is 1. The molecule has 0 radical (unpaired) electrons. The van der Waals surface area contributed by atoms with E-state index in [1.54, 1.807) is 26.8 Å². The van der Waals surface area contributed by atoms with Crippen molar-refractivity contribution in [1.82, 2.24) is 4.31 Å². The standard InChI is InChI=1S/C29H25ClF3N3O7S/c1-16(2)14-36(44(40)41)28(39)43-22-5-6-24(17(3)8-22)35-26(37)15-42-25-7-4-21(30)12-23(25)27(38)19-9-18(13-34)10-20(11-19)29(31,32)33/h4-12,16H,14-15H2,1-3H3,(H,35,37)(H,40,41)/p-1. The van der Waals surface area contributed by atoms with E-state index < -0.39 is 53.0 Å². The van der Waals surface area contributed by atoms with E-state index in [4.69, 9.17) is 26.3 Å². The Labute approximate surface area is 257 Å². The van der Waals surface area contributed by atoms with Crippen molar-refractivity contribution in [2.24, 2.45) is 5.92 Å². The SMILES string of the molecule is Cc1cc(OC(=O)N(CC(C)C)S(=O)[O-])ccc1NC(=O)COc1ccc(Cl)cc1C(=O)c1cc(C#N)cc(C(F)(F)F)c1. The number of aryl methyl sites for hydroxylation is 1. The molecule has 0 aliphatic rings. The summed E-state index contributed by atoms with van der Waals surface area (Å²) in [4.78, 5) is 38.1. The first-order chi connectivity index (χ1) is 20.6. The molecular weight excluding hydrogens is 627 g/mol. The Bertz CT molecular complexity index is 1660. The number of rotatable bonds is 10. The number of nitrogens with zero attached hydrogens (tertiary/aromatic N) is 2. The lowest BCUT2D eigenvalue weighted by Gasteiger charge is -2.25. The van der Waals surface area contributed by atoms with Crippen molar-refractivity contribution in [2.75, 3.05) is 18.5 Å². The fourth-order valence-electron chi connectivity index (χ4n) is 3.80. The fourth-order valence-corrected chi connectivity index (χ4v) is 4.55. The van der Waals surface area contributed by atoms with Crippen molar-refractivity contribution in [2.45, 2.75) is 26.9 Å². The van der Waals surface area contributed by atoms with Crippen LogP contribution in [0.25, 0.3) is 0 Å². The van der Waals surface area contributed by atoms with Gasteiger partial charge in [-0.2, -0.15) is 18.4 Å². The van der Waals surface area contributed by atoms with Gasteiger partial charge in [-0.25, -0.2) is 9.10 Å². The zero-order chi connectivity index (χ0) is 32.8. The Balaban J connectivity index is 1.73. The number of anilines is 1. The van der Waals surface area contributed by atoms with Crippen molar-refractivity contribution in [3.8, 4) is 17.6 Å². The number of ether oxygens (including phenoxy) is 2. The second-order valence-electron chi connectivity index (χ2n) is 9.73. The maximum absolute atomic E-state index is 13.3. The molecule has 0 heterocycles. The third-order valence-corrected chi connectivity index (χ3v) is 6.68. The molecule has 0 bridgehead atoms. The van der Waals surface area contributed by atoms with E-state index >= 15 is 0 Å². The lowest BCUT2D eigenvalue weighted by molar-refractivity contribution is -0.137. The van der Waals surface area contributed by atoms with Crippen LogP contribution < -0.4 is 14.8 Å². The molecule has 3 aromatic rings. The van der Waals surface area contributed by atoms with Crippen LogP contribution in [-0.2, 0) is 22.2 Å². The quantitative estimate of drug-likeness (QED) is 0.206. The van der Waals surface area contributed by atoms with E-state index in [1.807, 2.05) is 0 Å². The van der Waals surface area contributed by atoms with E-state index in [-0.39, 0.29) is 40.1 Å². The number of hydrogen-bond donors (Lipinski definition) is 1. The number of nitriles is 1. The molecule has 10 nitrogen and oxygen atoms in total. The molecule has 1 N–H and O–H groups in total. The van der Waals surface area contributed by atoms with Gasteiger partial charge in [0.15, 0.2) is 12.4 Å². The van der Waals surface area contributed by atoms with Crippen LogP contribution in [0.1, 0.15) is 46.5 Å². The molecule has 3 aromatic carbocycles. The zero-order valence-corrected chi connectivity index (χ0v) is 24.9. The summed E-state index contributed by atoms with van der Waals surface area (Å²) in [7, 11) is 0. The highest BCUT2D eigenvalue weighted by Crippen LogP contribution is 2.33. The fraction of sp³-hybridized carbons (Fsp3) is 0.241. The first-order valence-electron chi connectivity index (χ1n) is 12.7. The van der Waals surface area contributed by atoms with Crippen LogP contribution in [0.3, 0.4) is 0 Å². The Morgan fingerprint density at radius 2 is 1.82 bits per heavy atom. The van der Waals surface area contributed by atoms with Gasteiger partial charge < -0.3 is 19.3 Å². The molecule has 1 unspecified atom stereocenters. The number of carbonyl (C=O) groups is 3. The van der Waals surface area contributed by atoms with Crippen LogP contribution in [0.15, 0.2) is 54.6 Å². The summed E-state index contributed by atoms with van der Waals surface area (Å²) in [5.74, 6) is -1.85. The number of carbonyl (C=O) groups excluding carboxylic acids is 3. The number of alkyl halides is 3. The van der Waals surface area contributed by atoms with Gasteiger partial charge in [-0.3, -0.25) is 13.8 Å². The molecule has 0 aliphatic heterocycles. The summed E-state index contributed by atoms with van der Waals surface area (Å²) in [6.07, 6.45) is -5.91. The molecule has 0 spiro atoms. The topological polar surface area (TPSA) is 149 Å². The normalized spacial score (nSPS) is 11.8. The molecule has 1 atom stereocenters. The Kier molecular flexibility index (Phi) is 11.1. The largest absolute Gasteiger partial charge is 0.755 e. The summed E-state index contributed by atoms with van der Waals surface area (Å²) in [6.45, 7) is 4.34. The molecule has 15 heteroatoms. The van der Waals surface area contributed by atoms with Crippen LogP contribution in [0, 0.1) is 24.2 Å². The average Bonchev–Trinajstić information content (AvgIpc) is 2.95. The Hall–Kier alpha value is -4.45. The molecule has 0 saturated carbocycles. The van der Waals surface area contributed by atoms with E-state index in [2.05, 4.69) is 5.32 Å². The second-order valence-corrected chi connectivity index (χ2v) is 11.0. The predicted octanol–water partition coefficient (Wildman–Crippen LogP) is 6.04. The number of hydrogen-bond acceptors (Lipinski definition) is 8. The highest BCUT2D eigenvalue weighted by atomic mass is 35.5. The van der Waals surface area contributed by atoms with Gasteiger partial charge in [0.25, 0.3) is 5.91 Å². The third kappa shape index (κ3) is 9.03. The summed E-state index contributed by atoms with van der Waals surface area (Å²) in [5, 5.41) is 11.8. The minimum atomic E-state index is -4.81. The van der Waals surface area contributed by atoms with Crippen molar-refractivity contribution in [3.05, 3.63) is 87.4 Å². The van der Waals surface area contributed by atoms with E-state index in [0.29, 0.717) is 27.7 Å². The molecule has 3 rings (SSSR count). The highest BCUT2D eigenvalue weighted by molar-refractivity contribution is 7.77. The molecule has 44 heavy (non-hydrogen) atoms. The van der Waals surface area contributed by atoms with Gasteiger partial charge in [0.2, 0.25) is 0 Å². The van der Waals surface area contributed by atoms with Crippen LogP contribution in [0.5, 0.6) is 11.5 Å². The zero-order valence-electron chi connectivity index (χ0n) is 23.4. The molecular formula is C29H24ClF3N3O7S-. The molecule has 0 aliphatic carbocycles. The van der Waals surface area contributed by atoms with Gasteiger partial charge in [0, 0.05) is 22.8 Å². The van der Waals surface area contributed by atoms with E-state index in [1.165, 1.54) is 30.3 Å². The smallest absolute Gasteiger partial charge is 0.426 e. The molecule has 0 aromatic heterocycles. The molecule has 0 saturated heterocycles. The van der Waals surface area contributed by atoms with Gasteiger partial charge in [0.05, 0.1) is 34.0 Å². The third-order valence-electron chi connectivity index (χ3n) is 5.79. The summed E-state index contributed by atoms with van der Waals surface area (Å²) in [5.41, 5.74) is -1.49. The number of nitrogens with one attached hydrogen (secondary N) is 1. The van der Waals surface area contributed by atoms with Crippen molar-refractivity contribution in [1.29, 1.82) is 5.26 Å². The lowest BCUT2D eigenvalue weighted by Crippen LogP contribution is -2.37. The first-order valence-corrected chi connectivity index (χ1v) is 14.1. The van der Waals surface area contributed by atoms with E-state index in [9.17, 15) is 36.3 Å². The maximum Gasteiger partial charge on any atom is 0.426 e. The average molecular weight is 651 g/mol. The van der Waals surface area contributed by atoms with Crippen molar-refractivity contribution in [3.63, 3.8) is 0 Å². The lowest BCUT2D eigenvalue weighted by atomic mass is 9.98. The van der Waals surface area contributed by atoms with Gasteiger partial charge in [-0.15, -0.1) is 0 Å². The monoisotopic (exact) mass is 650 g/mol. The number of benzene rings is 3. The maximum atomic E-state index is 13.3. The second kappa shape index (κ2) is 14.3. The van der Waals surface area contributed by atoms with Gasteiger partial charge in [0.1, 0.15) is 11.5 Å². The van der Waals surface area contributed by atoms with Crippen molar-refractivity contribution < 1.29 is 45.8 Å². The Morgan fingerprint density at radius 1 is 1.11 bits per heavy atom. The van der Waals surface area contributed by atoms with Gasteiger partial charge >= 0.3 is 12.3 Å². The van der Waals surface area contributed by atoms with Crippen LogP contribution in [0.2, 0.25) is 5.02 Å². The molecule has 232 valence electrons. The highest BCUT2D eigenvalue weighted by Gasteiger charge is 2.32. The minimum Gasteiger partial charge on any atom is -0.755 e. The van der Waals surface area contributed by atoms with Gasteiger partial charge in [-0.1, -0.05) is 25.4 Å². The molecule has 0 fully saturated rings. The van der Waals surface area contributed by atoms with E-state index in [0.717, 1.165) is 12.1 Å². The summed E-state index contributed by atoms with van der Waals surface area (Å²) >= 11 is 3.18.